The number of quaternary nitrogens is 1. The van der Waals surface area contributed by atoms with Gasteiger partial charge in [-0.2, -0.15) is 0 Å². The van der Waals surface area contributed by atoms with E-state index in [2.05, 4.69) is 14.1 Å². The Morgan fingerprint density at radius 2 is 1.81 bits per heavy atom. The highest BCUT2D eigenvalue weighted by molar-refractivity contribution is 7.14. The number of hydrogen-bond acceptors (Lipinski definition) is 3. The molecule has 0 spiro atoms. The summed E-state index contributed by atoms with van der Waals surface area (Å²) in [5.74, 6) is 0.500. The van der Waals surface area contributed by atoms with Gasteiger partial charge in [0.2, 0.25) is 0 Å². The zero-order chi connectivity index (χ0) is 18.9. The van der Waals surface area contributed by atoms with Crippen molar-refractivity contribution in [2.75, 3.05) is 25.6 Å². The number of amides is 1. The zero-order valence-corrected chi connectivity index (χ0v) is 17.0. The number of carbonyl (C=O) groups excluding carboxylic acids is 1. The lowest BCUT2D eigenvalue weighted by Crippen LogP contribution is -2.55. The smallest absolute Gasteiger partial charge is 0.415 e. The highest BCUT2D eigenvalue weighted by atomic mass is 32.1. The number of ether oxygens (including phenoxy) is 1. The van der Waals surface area contributed by atoms with Crippen LogP contribution in [0.15, 0.2) is 47.8 Å². The van der Waals surface area contributed by atoms with E-state index < -0.39 is 0 Å². The average Bonchev–Trinajstić information content (AvgIpc) is 3.21. The molecule has 0 N–H and O–H groups in total. The third-order valence-corrected chi connectivity index (χ3v) is 7.44. The molecule has 2 aliphatic rings. The van der Waals surface area contributed by atoms with Crippen LogP contribution in [0.4, 0.5) is 9.80 Å². The Kier molecular flexibility index (Phi) is 5.24. The Labute approximate surface area is 166 Å². The summed E-state index contributed by atoms with van der Waals surface area (Å²) in [4.78, 5) is 14.7. The summed E-state index contributed by atoms with van der Waals surface area (Å²) >= 11 is 1.57. The Hall–Kier alpha value is -1.85. The molecule has 3 atom stereocenters. The van der Waals surface area contributed by atoms with Crippen LogP contribution in [0.1, 0.15) is 31.2 Å². The van der Waals surface area contributed by atoms with E-state index in [0.29, 0.717) is 19.1 Å². The highest BCUT2D eigenvalue weighted by Crippen LogP contribution is 2.42. The summed E-state index contributed by atoms with van der Waals surface area (Å²) in [5.41, 5.74) is 1.11. The molecule has 27 heavy (non-hydrogen) atoms. The first-order chi connectivity index (χ1) is 13.0. The molecule has 2 saturated heterocycles. The van der Waals surface area contributed by atoms with E-state index in [4.69, 9.17) is 4.74 Å². The van der Waals surface area contributed by atoms with Crippen molar-refractivity contribution in [3.63, 3.8) is 0 Å². The van der Waals surface area contributed by atoms with E-state index >= 15 is 0 Å². The second-order valence-electron chi connectivity index (χ2n) is 8.45. The number of carbonyl (C=O) groups is 1. The molecule has 2 bridgehead atoms. The van der Waals surface area contributed by atoms with Crippen molar-refractivity contribution in [1.29, 1.82) is 0 Å². The number of fused-ring (bicyclic) bond motifs is 2. The van der Waals surface area contributed by atoms with Crippen molar-refractivity contribution in [3.05, 3.63) is 53.4 Å². The van der Waals surface area contributed by atoms with Crippen LogP contribution < -0.4 is 4.90 Å². The summed E-state index contributed by atoms with van der Waals surface area (Å²) in [6.45, 7) is 1.09. The van der Waals surface area contributed by atoms with Crippen molar-refractivity contribution in [2.45, 2.75) is 44.3 Å². The first-order valence-corrected chi connectivity index (χ1v) is 10.8. The molecule has 2 fully saturated rings. The van der Waals surface area contributed by atoms with Crippen molar-refractivity contribution >= 4 is 22.4 Å². The Morgan fingerprint density at radius 3 is 2.44 bits per heavy atom. The lowest BCUT2D eigenvalue weighted by atomic mass is 9.90. The molecular formula is C22H29N2O2S+. The van der Waals surface area contributed by atoms with Crippen LogP contribution in [0, 0.1) is 5.92 Å². The summed E-state index contributed by atoms with van der Waals surface area (Å²) in [7, 11) is 4.73. The lowest BCUT2D eigenvalue weighted by molar-refractivity contribution is -0.931. The number of hydrogen-bond donors (Lipinski definition) is 0. The number of anilines is 1. The maximum absolute atomic E-state index is 12.9. The molecular weight excluding hydrogens is 356 g/mol. The van der Waals surface area contributed by atoms with Gasteiger partial charge in [0.25, 0.3) is 0 Å². The normalized spacial score (nSPS) is 25.9. The molecule has 4 nitrogen and oxygen atoms in total. The predicted octanol–water partition coefficient (Wildman–Crippen LogP) is 4.91. The third kappa shape index (κ3) is 3.90. The van der Waals surface area contributed by atoms with E-state index in [-0.39, 0.29) is 6.09 Å². The molecule has 4 rings (SSSR count). The quantitative estimate of drug-likeness (QED) is 0.685. The van der Waals surface area contributed by atoms with Crippen LogP contribution in [0.5, 0.6) is 0 Å². The van der Waals surface area contributed by atoms with Crippen LogP contribution in [-0.4, -0.2) is 43.4 Å². The van der Waals surface area contributed by atoms with Gasteiger partial charge in [-0.25, -0.2) is 4.79 Å². The van der Waals surface area contributed by atoms with Crippen molar-refractivity contribution < 1.29 is 14.0 Å². The van der Waals surface area contributed by atoms with Crippen LogP contribution in [0.2, 0.25) is 0 Å². The second-order valence-corrected chi connectivity index (χ2v) is 9.38. The zero-order valence-electron chi connectivity index (χ0n) is 16.2. The van der Waals surface area contributed by atoms with Crippen LogP contribution in [0.3, 0.4) is 0 Å². The van der Waals surface area contributed by atoms with Crippen molar-refractivity contribution in [1.82, 2.24) is 0 Å². The topological polar surface area (TPSA) is 29.5 Å². The number of benzene rings is 1. The summed E-state index contributed by atoms with van der Waals surface area (Å²) in [6.07, 6.45) is 4.76. The molecule has 5 heteroatoms. The number of thiophene rings is 1. The fourth-order valence-corrected chi connectivity index (χ4v) is 5.54. The van der Waals surface area contributed by atoms with Crippen LogP contribution >= 0.6 is 11.3 Å². The Bertz CT molecular complexity index is 744. The van der Waals surface area contributed by atoms with Gasteiger partial charge in [-0.3, -0.25) is 4.90 Å². The maximum Gasteiger partial charge on any atom is 0.415 e. The van der Waals surface area contributed by atoms with Crippen molar-refractivity contribution in [2.24, 2.45) is 5.92 Å². The predicted molar refractivity (Wildman–Crippen MR) is 110 cm³/mol. The van der Waals surface area contributed by atoms with E-state index in [0.717, 1.165) is 27.1 Å². The van der Waals surface area contributed by atoms with Gasteiger partial charge in [0.1, 0.15) is 5.00 Å². The van der Waals surface area contributed by atoms with E-state index in [1.807, 2.05) is 47.8 Å². The third-order valence-electron chi connectivity index (χ3n) is 6.54. The summed E-state index contributed by atoms with van der Waals surface area (Å²) in [5, 5.41) is 2.93. The minimum atomic E-state index is -0.229. The SMILES string of the molecule is C[N+]1(C)[C@@H]2CC[C@H]1CC(COC(=O)N(Cc1ccccc1)c1cccs1)C2. The molecule has 1 amide bonds. The molecule has 3 heterocycles. The molecule has 2 aromatic rings. The molecule has 0 radical (unpaired) electrons. The Morgan fingerprint density at radius 1 is 1.11 bits per heavy atom. The number of rotatable bonds is 5. The van der Waals surface area contributed by atoms with E-state index in [1.54, 1.807) is 16.2 Å². The lowest BCUT2D eigenvalue weighted by Gasteiger charge is -2.44. The van der Waals surface area contributed by atoms with Crippen LogP contribution in [-0.2, 0) is 11.3 Å². The van der Waals surface area contributed by atoms with Crippen molar-refractivity contribution in [3.8, 4) is 0 Å². The molecule has 2 aliphatic heterocycles. The fourth-order valence-electron chi connectivity index (χ4n) is 4.82. The second kappa shape index (κ2) is 7.64. The molecule has 144 valence electrons. The minimum absolute atomic E-state index is 0.229. The fraction of sp³-hybridized carbons (Fsp3) is 0.500. The van der Waals surface area contributed by atoms with Gasteiger partial charge in [-0.1, -0.05) is 30.3 Å². The number of piperidine rings is 1. The largest absolute Gasteiger partial charge is 0.449 e. The Balaban J connectivity index is 1.39. The van der Waals surface area contributed by atoms with Gasteiger partial charge in [-0.15, -0.1) is 11.3 Å². The standard InChI is InChI=1S/C22H29N2O2S/c1-24(2)19-10-11-20(24)14-18(13-19)16-26-22(25)23(21-9-6-12-27-21)15-17-7-4-3-5-8-17/h3-9,12,18-20H,10-11,13-16H2,1-2H3/q+1/t18?,19-,20+. The first-order valence-electron chi connectivity index (χ1n) is 9.89. The van der Waals surface area contributed by atoms with Gasteiger partial charge >= 0.3 is 6.09 Å². The van der Waals surface area contributed by atoms with Gasteiger partial charge < -0.3 is 9.22 Å². The van der Waals surface area contributed by atoms with Gasteiger partial charge in [0.15, 0.2) is 0 Å². The van der Waals surface area contributed by atoms with Gasteiger partial charge in [-0.05, 0) is 23.1 Å². The monoisotopic (exact) mass is 385 g/mol. The number of nitrogens with zero attached hydrogens (tertiary/aromatic N) is 2. The van der Waals surface area contributed by atoms with Gasteiger partial charge in [0.05, 0.1) is 39.3 Å². The van der Waals surface area contributed by atoms with E-state index in [1.165, 1.54) is 25.7 Å². The molecule has 1 unspecified atom stereocenters. The molecule has 0 aliphatic carbocycles. The highest BCUT2D eigenvalue weighted by Gasteiger charge is 2.49. The first kappa shape index (κ1) is 18.5. The summed E-state index contributed by atoms with van der Waals surface area (Å²) in [6, 6.07) is 15.5. The summed E-state index contributed by atoms with van der Waals surface area (Å²) < 4.78 is 6.97. The average molecular weight is 386 g/mol. The molecule has 1 aromatic carbocycles. The maximum atomic E-state index is 12.9. The molecule has 1 aromatic heterocycles. The minimum Gasteiger partial charge on any atom is -0.449 e. The van der Waals surface area contributed by atoms with Crippen LogP contribution in [0.25, 0.3) is 0 Å². The molecule has 0 saturated carbocycles. The van der Waals surface area contributed by atoms with Gasteiger partial charge in [0, 0.05) is 31.6 Å². The van der Waals surface area contributed by atoms with E-state index in [9.17, 15) is 4.79 Å².